The van der Waals surface area contributed by atoms with Crippen LogP contribution < -0.4 is 26.7 Å². The lowest BCUT2D eigenvalue weighted by Gasteiger charge is -2.24. The Morgan fingerprint density at radius 2 is 2.21 bits per heavy atom. The summed E-state index contributed by atoms with van der Waals surface area (Å²) in [6.45, 7) is 3.10. The van der Waals surface area contributed by atoms with Crippen molar-refractivity contribution in [2.75, 3.05) is 20.3 Å². The number of aromatic nitrogens is 1. The molecule has 152 valence electrons. The fraction of sp³-hybridized carbons (Fsp3) is 0.588. The van der Waals surface area contributed by atoms with Crippen molar-refractivity contribution in [1.82, 2.24) is 20.5 Å². The van der Waals surface area contributed by atoms with Gasteiger partial charge in [-0.25, -0.2) is 4.99 Å². The Kier molecular flexibility index (Phi) is 5.42. The number of aliphatic hydroxyl groups excluding tert-OH is 3. The van der Waals surface area contributed by atoms with Gasteiger partial charge in [0.25, 0.3) is 0 Å². The van der Waals surface area contributed by atoms with Crippen LogP contribution in [0.4, 0.5) is 0 Å². The van der Waals surface area contributed by atoms with Gasteiger partial charge in [-0.05, 0) is 20.9 Å². The lowest BCUT2D eigenvalue weighted by molar-refractivity contribution is -0.125. The van der Waals surface area contributed by atoms with Gasteiger partial charge in [-0.1, -0.05) is 0 Å². The van der Waals surface area contributed by atoms with Gasteiger partial charge in [-0.15, -0.1) is 0 Å². The molecule has 0 bridgehead atoms. The molecule has 28 heavy (non-hydrogen) atoms. The van der Waals surface area contributed by atoms with Crippen LogP contribution in [-0.2, 0) is 9.53 Å². The molecule has 11 heteroatoms. The predicted octanol–water partition coefficient (Wildman–Crippen LogP) is -3.67. The van der Waals surface area contributed by atoms with E-state index in [2.05, 4.69) is 20.9 Å². The van der Waals surface area contributed by atoms with Gasteiger partial charge in [0, 0.05) is 6.20 Å². The Morgan fingerprint density at radius 1 is 1.50 bits per heavy atom. The molecule has 6 N–H and O–H groups in total. The van der Waals surface area contributed by atoms with Crippen LogP contribution >= 0.6 is 0 Å². The maximum absolute atomic E-state index is 12.5. The number of hydrogen-bond donors (Lipinski definition) is 6. The fourth-order valence-electron chi connectivity index (χ4n) is 3.08. The third-order valence-electron chi connectivity index (χ3n) is 5.08. The minimum absolute atomic E-state index is 0.131. The topological polar surface area (TPSA) is 164 Å². The Bertz CT molecular complexity index is 933. The van der Waals surface area contributed by atoms with E-state index in [1.165, 1.54) is 10.8 Å². The molecular formula is C17H24N6O5. The molecule has 0 radical (unpaired) electrons. The second-order valence-corrected chi connectivity index (χ2v) is 7.19. The lowest BCUT2D eigenvalue weighted by Crippen LogP contribution is -2.55. The maximum atomic E-state index is 12.5. The summed E-state index contributed by atoms with van der Waals surface area (Å²) in [6, 6.07) is 2.05. The van der Waals surface area contributed by atoms with Gasteiger partial charge in [0.05, 0.1) is 22.9 Å². The summed E-state index contributed by atoms with van der Waals surface area (Å²) < 4.78 is 6.99. The van der Waals surface area contributed by atoms with Gasteiger partial charge in [-0.3, -0.25) is 4.79 Å². The molecule has 2 aliphatic rings. The van der Waals surface area contributed by atoms with Gasteiger partial charge in [-0.2, -0.15) is 5.26 Å². The maximum Gasteiger partial charge on any atom is 0.245 e. The summed E-state index contributed by atoms with van der Waals surface area (Å²) in [5.74, 6) is 0.00951. The van der Waals surface area contributed by atoms with Crippen molar-refractivity contribution in [2.45, 2.75) is 43.9 Å². The first-order chi connectivity index (χ1) is 13.2. The van der Waals surface area contributed by atoms with Crippen molar-refractivity contribution in [2.24, 2.45) is 4.99 Å². The van der Waals surface area contributed by atoms with Crippen molar-refractivity contribution in [3.05, 3.63) is 22.5 Å². The van der Waals surface area contributed by atoms with E-state index in [0.717, 1.165) is 0 Å². The minimum atomic E-state index is -1.31. The van der Waals surface area contributed by atoms with E-state index in [0.29, 0.717) is 16.5 Å². The quantitative estimate of drug-likeness (QED) is 0.298. The van der Waals surface area contributed by atoms with Crippen LogP contribution in [0.3, 0.4) is 0 Å². The smallest absolute Gasteiger partial charge is 0.245 e. The zero-order chi connectivity index (χ0) is 20.6. The van der Waals surface area contributed by atoms with Gasteiger partial charge in [0.1, 0.15) is 42.4 Å². The minimum Gasteiger partial charge on any atom is -0.394 e. The number of nitrogens with zero attached hydrogens (tertiary/aromatic N) is 3. The molecule has 1 unspecified atom stereocenters. The van der Waals surface area contributed by atoms with Crippen molar-refractivity contribution >= 4 is 11.7 Å². The van der Waals surface area contributed by atoms with Crippen LogP contribution in [0.2, 0.25) is 0 Å². The monoisotopic (exact) mass is 392 g/mol. The highest BCUT2D eigenvalue weighted by molar-refractivity contribution is 5.90. The van der Waals surface area contributed by atoms with Crippen LogP contribution in [-0.4, -0.2) is 70.0 Å². The number of amides is 1. The summed E-state index contributed by atoms with van der Waals surface area (Å²) in [6.07, 6.45) is -3.14. The highest BCUT2D eigenvalue weighted by atomic mass is 16.6. The van der Waals surface area contributed by atoms with Crippen LogP contribution in [0.25, 0.3) is 5.82 Å². The van der Waals surface area contributed by atoms with Gasteiger partial charge in [0.15, 0.2) is 6.23 Å². The Hall–Kier alpha value is -2.49. The summed E-state index contributed by atoms with van der Waals surface area (Å²) in [4.78, 5) is 16.9. The van der Waals surface area contributed by atoms with E-state index in [1.807, 2.05) is 6.07 Å². The molecule has 3 heterocycles. The molecule has 4 atom stereocenters. The number of hydrogen-bond acceptors (Lipinski definition) is 9. The van der Waals surface area contributed by atoms with E-state index in [9.17, 15) is 25.4 Å². The average Bonchev–Trinajstić information content (AvgIpc) is 3.20. The van der Waals surface area contributed by atoms with E-state index >= 15 is 0 Å². The first-order valence-corrected chi connectivity index (χ1v) is 8.81. The zero-order valence-electron chi connectivity index (χ0n) is 15.8. The molecular weight excluding hydrogens is 368 g/mol. The molecule has 0 aromatic carbocycles. The number of aliphatic hydroxyl groups is 3. The molecule has 11 nitrogen and oxygen atoms in total. The largest absolute Gasteiger partial charge is 0.394 e. The highest BCUT2D eigenvalue weighted by Crippen LogP contribution is 2.28. The first kappa shape index (κ1) is 20.2. The average molecular weight is 392 g/mol. The molecule has 3 rings (SSSR count). The van der Waals surface area contributed by atoms with Crippen molar-refractivity contribution in [3.8, 4) is 6.07 Å². The Labute approximate surface area is 160 Å². The Morgan fingerprint density at radius 3 is 2.79 bits per heavy atom. The number of ether oxygens (including phenoxy) is 1. The fourth-order valence-corrected chi connectivity index (χ4v) is 3.08. The third kappa shape index (κ3) is 3.25. The summed E-state index contributed by atoms with van der Waals surface area (Å²) in [5, 5.41) is 48.2. The molecule has 1 aromatic heterocycles. The van der Waals surface area contributed by atoms with Gasteiger partial charge < -0.3 is 40.6 Å². The van der Waals surface area contributed by atoms with E-state index < -0.39 is 36.7 Å². The second-order valence-electron chi connectivity index (χ2n) is 7.19. The molecule has 0 spiro atoms. The predicted molar refractivity (Wildman–Crippen MR) is 95.6 cm³/mol. The van der Waals surface area contributed by atoms with Crippen LogP contribution in [0.15, 0.2) is 11.2 Å². The number of rotatable bonds is 5. The van der Waals surface area contributed by atoms with Crippen molar-refractivity contribution in [3.63, 3.8) is 0 Å². The normalized spacial score (nSPS) is 26.8. The van der Waals surface area contributed by atoms with Crippen LogP contribution in [0.1, 0.15) is 25.6 Å². The zero-order valence-corrected chi connectivity index (χ0v) is 15.8. The van der Waals surface area contributed by atoms with Crippen molar-refractivity contribution < 1.29 is 24.9 Å². The number of fused-ring (bicyclic) bond motifs is 1. The molecule has 1 fully saturated rings. The number of nitriles is 1. The molecule has 1 aromatic rings. The third-order valence-corrected chi connectivity index (χ3v) is 5.08. The standard InChI is InChI=1S/C17H24N6O5/c1-17(2,19-3)16(27)22-13-10-8(4-18)5-23(14(10)21-7-20-13)15-12(26)11(25)9(6-24)28-15/h5,9,11-12,15,19-20,24-26H,6-7H2,1-3H3,(H,22,27)/t9-,11?,12+,15-/m1/s1. The summed E-state index contributed by atoms with van der Waals surface area (Å²) in [7, 11) is 1.66. The molecule has 1 amide bonds. The number of carbonyl (C=O) groups excluding carboxylic acids is 1. The first-order valence-electron chi connectivity index (χ1n) is 8.81. The summed E-state index contributed by atoms with van der Waals surface area (Å²) >= 11 is 0. The van der Waals surface area contributed by atoms with Crippen molar-refractivity contribution in [1.29, 1.82) is 5.26 Å². The van der Waals surface area contributed by atoms with Crippen LogP contribution in [0, 0.1) is 11.3 Å². The Balaban J connectivity index is 2.09. The molecule has 0 aliphatic carbocycles. The van der Waals surface area contributed by atoms with E-state index in [-0.39, 0.29) is 18.1 Å². The summed E-state index contributed by atoms with van der Waals surface area (Å²) in [5.41, 5.74) is -0.314. The second kappa shape index (κ2) is 7.50. The highest BCUT2D eigenvalue weighted by Gasteiger charge is 2.44. The van der Waals surface area contributed by atoms with Gasteiger partial charge >= 0.3 is 0 Å². The lowest BCUT2D eigenvalue weighted by atomic mass is 10.1. The number of nitrogens with one attached hydrogen (secondary N) is 3. The molecule has 0 saturated carbocycles. The van der Waals surface area contributed by atoms with E-state index in [4.69, 9.17) is 4.74 Å². The van der Waals surface area contributed by atoms with E-state index in [1.54, 1.807) is 20.9 Å². The SMILES string of the molecule is CNC(C)(C)C(=O)NC1=c2c(C#N)cn([C@@H]3O[C@H](CO)C(O)[C@@H]3O)c2=NCN1. The van der Waals surface area contributed by atoms with Gasteiger partial charge in [0.2, 0.25) is 5.91 Å². The number of carbonyl (C=O) groups is 1. The molecule has 2 aliphatic heterocycles. The van der Waals surface area contributed by atoms with Crippen LogP contribution in [0.5, 0.6) is 0 Å². The molecule has 1 saturated heterocycles. The number of likely N-dealkylation sites (N-methyl/N-ethyl adjacent to an activating group) is 1.